The number of hydrogen-bond donors (Lipinski definition) is 2. The quantitative estimate of drug-likeness (QED) is 0.320. The highest BCUT2D eigenvalue weighted by atomic mass is 16.6. The fourth-order valence-corrected chi connectivity index (χ4v) is 1.35. The number of nitrogens with zero attached hydrogens (tertiary/aromatic N) is 1. The molecule has 0 amide bonds. The first-order valence-electron chi connectivity index (χ1n) is 5.00. The number of rotatable bonds is 7. The lowest BCUT2D eigenvalue weighted by Crippen LogP contribution is -2.12. The van der Waals surface area contributed by atoms with Crippen LogP contribution in [0, 0.1) is 10.1 Å². The molecule has 0 aromatic heterocycles. The average Bonchev–Trinajstić information content (AvgIpc) is 2.34. The second-order valence-electron chi connectivity index (χ2n) is 3.26. The lowest BCUT2D eigenvalue weighted by molar-refractivity contribution is -0.384. The van der Waals surface area contributed by atoms with Crippen LogP contribution < -0.4 is 11.3 Å². The van der Waals surface area contributed by atoms with Crippen LogP contribution in [0.4, 0.5) is 11.4 Å². The molecule has 0 aliphatic rings. The molecule has 0 saturated heterocycles. The molecular weight excluding hydrogens is 226 g/mol. The summed E-state index contributed by atoms with van der Waals surface area (Å²) in [5.41, 5.74) is 3.17. The van der Waals surface area contributed by atoms with E-state index in [0.29, 0.717) is 18.8 Å². The van der Waals surface area contributed by atoms with E-state index in [2.05, 4.69) is 5.43 Å². The third kappa shape index (κ3) is 3.66. The molecule has 0 bridgehead atoms. The van der Waals surface area contributed by atoms with Crippen LogP contribution in [0.2, 0.25) is 0 Å². The van der Waals surface area contributed by atoms with Crippen molar-refractivity contribution < 1.29 is 14.4 Å². The molecule has 3 N–H and O–H groups in total. The molecule has 7 heteroatoms. The predicted molar refractivity (Wildman–Crippen MR) is 62.4 cm³/mol. The molecule has 0 atom stereocenters. The molecule has 17 heavy (non-hydrogen) atoms. The van der Waals surface area contributed by atoms with Gasteiger partial charge < -0.3 is 14.9 Å². The number of nitro benzene ring substituents is 1. The van der Waals surface area contributed by atoms with Gasteiger partial charge in [-0.15, -0.1) is 0 Å². The molecule has 0 aliphatic carbocycles. The normalized spacial score (nSPS) is 10.2. The van der Waals surface area contributed by atoms with Crippen molar-refractivity contribution in [1.29, 1.82) is 0 Å². The van der Waals surface area contributed by atoms with Gasteiger partial charge in [0.15, 0.2) is 0 Å². The first-order chi connectivity index (χ1) is 8.20. The molecule has 0 fully saturated rings. The molecular formula is C10H15N3O4. The lowest BCUT2D eigenvalue weighted by atomic mass is 10.1. The number of methoxy groups -OCH3 is 1. The molecule has 0 saturated carbocycles. The Morgan fingerprint density at radius 2 is 2.24 bits per heavy atom. The second-order valence-corrected chi connectivity index (χ2v) is 3.26. The van der Waals surface area contributed by atoms with Gasteiger partial charge in [0.1, 0.15) is 5.69 Å². The van der Waals surface area contributed by atoms with Gasteiger partial charge in [0.2, 0.25) is 0 Å². The highest BCUT2D eigenvalue weighted by Gasteiger charge is 2.16. The van der Waals surface area contributed by atoms with Crippen LogP contribution in [-0.4, -0.2) is 25.2 Å². The summed E-state index contributed by atoms with van der Waals surface area (Å²) in [7, 11) is 1.57. The van der Waals surface area contributed by atoms with Crippen molar-refractivity contribution >= 4 is 11.4 Å². The van der Waals surface area contributed by atoms with E-state index >= 15 is 0 Å². The number of anilines is 1. The molecule has 1 aromatic rings. The summed E-state index contributed by atoms with van der Waals surface area (Å²) in [5.74, 6) is 5.28. The van der Waals surface area contributed by atoms with E-state index in [1.54, 1.807) is 19.2 Å². The van der Waals surface area contributed by atoms with E-state index in [4.69, 9.17) is 15.3 Å². The van der Waals surface area contributed by atoms with Crippen LogP contribution >= 0.6 is 0 Å². The van der Waals surface area contributed by atoms with Crippen molar-refractivity contribution in [3.05, 3.63) is 33.9 Å². The molecule has 0 radical (unpaired) electrons. The van der Waals surface area contributed by atoms with Gasteiger partial charge in [0, 0.05) is 18.7 Å². The van der Waals surface area contributed by atoms with Crippen LogP contribution in [0.5, 0.6) is 0 Å². The predicted octanol–water partition coefficient (Wildman–Crippen LogP) is 1.04. The maximum Gasteiger partial charge on any atom is 0.294 e. The number of ether oxygens (including phenoxy) is 2. The topological polar surface area (TPSA) is 99.6 Å². The Morgan fingerprint density at radius 3 is 2.82 bits per heavy atom. The number of nitro groups is 1. The van der Waals surface area contributed by atoms with E-state index in [-0.39, 0.29) is 18.0 Å². The molecule has 7 nitrogen and oxygen atoms in total. The second kappa shape index (κ2) is 6.79. The minimum absolute atomic E-state index is 0.0691. The standard InChI is InChI=1S/C10H15N3O4/c1-16-5-6-17-7-8-3-2-4-9(13(14)15)10(8)12-11/h2-4,12H,5-7,11H2,1H3. The van der Waals surface area contributed by atoms with Crippen LogP contribution in [-0.2, 0) is 16.1 Å². The van der Waals surface area contributed by atoms with Crippen molar-refractivity contribution in [3.63, 3.8) is 0 Å². The summed E-state index contributed by atoms with van der Waals surface area (Å²) in [5, 5.41) is 10.8. The van der Waals surface area contributed by atoms with Gasteiger partial charge in [-0.3, -0.25) is 16.0 Å². The highest BCUT2D eigenvalue weighted by Crippen LogP contribution is 2.27. The summed E-state index contributed by atoms with van der Waals surface area (Å²) < 4.78 is 10.1. The molecule has 0 heterocycles. The number of nitrogen functional groups attached to an aromatic ring is 1. The SMILES string of the molecule is COCCOCc1cccc([N+](=O)[O-])c1NN. The minimum atomic E-state index is -0.492. The maximum absolute atomic E-state index is 10.8. The number of hydrogen-bond acceptors (Lipinski definition) is 6. The van der Waals surface area contributed by atoms with Gasteiger partial charge in [-0.2, -0.15) is 0 Å². The number of para-hydroxylation sites is 1. The third-order valence-corrected chi connectivity index (χ3v) is 2.16. The Morgan fingerprint density at radius 1 is 1.47 bits per heavy atom. The zero-order chi connectivity index (χ0) is 12.7. The third-order valence-electron chi connectivity index (χ3n) is 2.16. The minimum Gasteiger partial charge on any atom is -0.382 e. The first kappa shape index (κ1) is 13.4. The fourth-order valence-electron chi connectivity index (χ4n) is 1.35. The monoisotopic (exact) mass is 241 g/mol. The zero-order valence-corrected chi connectivity index (χ0v) is 9.51. The number of nitrogens with two attached hydrogens (primary N) is 1. The number of nitrogens with one attached hydrogen (secondary N) is 1. The van der Waals surface area contributed by atoms with E-state index in [1.165, 1.54) is 6.07 Å². The summed E-state index contributed by atoms with van der Waals surface area (Å²) in [6.07, 6.45) is 0. The zero-order valence-electron chi connectivity index (χ0n) is 9.51. The van der Waals surface area contributed by atoms with E-state index < -0.39 is 4.92 Å². The Balaban J connectivity index is 2.77. The largest absolute Gasteiger partial charge is 0.382 e. The molecule has 0 spiro atoms. The summed E-state index contributed by atoms with van der Waals surface area (Å²) in [6.45, 7) is 1.13. The lowest BCUT2D eigenvalue weighted by Gasteiger charge is -2.09. The van der Waals surface area contributed by atoms with Gasteiger partial charge in [-0.25, -0.2) is 0 Å². The van der Waals surface area contributed by atoms with Crippen LogP contribution in [0.1, 0.15) is 5.56 Å². The molecule has 94 valence electrons. The van der Waals surface area contributed by atoms with Crippen molar-refractivity contribution in [1.82, 2.24) is 0 Å². The Kier molecular flexibility index (Phi) is 5.34. The number of hydrazine groups is 1. The summed E-state index contributed by atoms with van der Waals surface area (Å²) >= 11 is 0. The van der Waals surface area contributed by atoms with E-state index in [0.717, 1.165) is 0 Å². The van der Waals surface area contributed by atoms with E-state index in [1.807, 2.05) is 0 Å². The van der Waals surface area contributed by atoms with Gasteiger partial charge in [0.25, 0.3) is 5.69 Å². The van der Waals surface area contributed by atoms with Crippen LogP contribution in [0.3, 0.4) is 0 Å². The Labute approximate surface area is 98.6 Å². The summed E-state index contributed by atoms with van der Waals surface area (Å²) in [6, 6.07) is 4.69. The van der Waals surface area contributed by atoms with Gasteiger partial charge in [0.05, 0.1) is 24.7 Å². The van der Waals surface area contributed by atoms with Gasteiger partial charge in [-0.1, -0.05) is 12.1 Å². The van der Waals surface area contributed by atoms with Crippen molar-refractivity contribution in [2.24, 2.45) is 5.84 Å². The molecule has 1 rings (SSSR count). The molecule has 1 aromatic carbocycles. The highest BCUT2D eigenvalue weighted by molar-refractivity contribution is 5.65. The fraction of sp³-hybridized carbons (Fsp3) is 0.400. The first-order valence-corrected chi connectivity index (χ1v) is 5.00. The Hall–Kier alpha value is -1.70. The van der Waals surface area contributed by atoms with Crippen molar-refractivity contribution in [2.75, 3.05) is 25.7 Å². The van der Waals surface area contributed by atoms with E-state index in [9.17, 15) is 10.1 Å². The van der Waals surface area contributed by atoms with Crippen molar-refractivity contribution in [2.45, 2.75) is 6.61 Å². The Bertz CT molecular complexity index is 384. The average molecular weight is 241 g/mol. The van der Waals surface area contributed by atoms with Gasteiger partial charge in [-0.05, 0) is 0 Å². The van der Waals surface area contributed by atoms with Crippen molar-refractivity contribution in [3.8, 4) is 0 Å². The van der Waals surface area contributed by atoms with Gasteiger partial charge >= 0.3 is 0 Å². The summed E-state index contributed by atoms with van der Waals surface area (Å²) in [4.78, 5) is 10.3. The smallest absolute Gasteiger partial charge is 0.294 e. The maximum atomic E-state index is 10.8. The molecule has 0 unspecified atom stereocenters. The molecule has 0 aliphatic heterocycles. The van der Waals surface area contributed by atoms with Crippen LogP contribution in [0.15, 0.2) is 18.2 Å². The van der Waals surface area contributed by atoms with Crippen LogP contribution in [0.25, 0.3) is 0 Å². The number of benzene rings is 1.